The number of hydrogen-bond acceptors (Lipinski definition) is 4. The second kappa shape index (κ2) is 7.27. The minimum Gasteiger partial charge on any atom is -0.291 e. The highest BCUT2D eigenvalue weighted by Crippen LogP contribution is 2.36. The second-order valence-electron chi connectivity index (χ2n) is 6.75. The van der Waals surface area contributed by atoms with Gasteiger partial charge in [0, 0.05) is 42.6 Å². The SMILES string of the molecule is O=C1[C@H](Cc2ccc(Cl)nc2)CC(F)(F)CN1c1cc(-c2ccncc2)n[nH]1. The smallest absolute Gasteiger partial charge is 0.266 e. The molecule has 6 nitrogen and oxygen atoms in total. The van der Waals surface area contributed by atoms with E-state index < -0.39 is 24.8 Å². The molecule has 1 N–H and O–H groups in total. The van der Waals surface area contributed by atoms with Crippen molar-refractivity contribution in [3.63, 3.8) is 0 Å². The predicted octanol–water partition coefficient (Wildman–Crippen LogP) is 3.75. The number of aromatic nitrogens is 4. The molecule has 1 amide bonds. The van der Waals surface area contributed by atoms with E-state index in [0.717, 1.165) is 10.5 Å². The Morgan fingerprint density at radius 3 is 2.75 bits per heavy atom. The van der Waals surface area contributed by atoms with Crippen molar-refractivity contribution >= 4 is 23.3 Å². The zero-order chi connectivity index (χ0) is 19.7. The molecule has 4 rings (SSSR count). The number of alkyl halides is 2. The molecule has 0 aromatic carbocycles. The first-order valence-electron chi connectivity index (χ1n) is 8.67. The zero-order valence-electron chi connectivity index (χ0n) is 14.6. The molecule has 28 heavy (non-hydrogen) atoms. The van der Waals surface area contributed by atoms with E-state index in [1.54, 1.807) is 42.7 Å². The van der Waals surface area contributed by atoms with Gasteiger partial charge in [0.25, 0.3) is 5.92 Å². The number of pyridine rings is 2. The van der Waals surface area contributed by atoms with Gasteiger partial charge in [0.1, 0.15) is 11.0 Å². The number of nitrogens with zero attached hydrogens (tertiary/aromatic N) is 4. The lowest BCUT2D eigenvalue weighted by atomic mass is 9.89. The Morgan fingerprint density at radius 2 is 2.04 bits per heavy atom. The standard InChI is InChI=1S/C19H16ClF2N5O/c20-16-2-1-12(10-24-16)7-14-9-19(21,22)11-27(18(14)28)17-8-15(25-26-17)13-3-5-23-6-4-13/h1-6,8,10,14H,7,9,11H2,(H,25,26)/t14-/m1/s1. The van der Waals surface area contributed by atoms with Gasteiger partial charge in [0.2, 0.25) is 5.91 Å². The molecule has 0 aliphatic carbocycles. The summed E-state index contributed by atoms with van der Waals surface area (Å²) in [5.41, 5.74) is 2.01. The van der Waals surface area contributed by atoms with Gasteiger partial charge in [-0.3, -0.25) is 19.8 Å². The van der Waals surface area contributed by atoms with Crippen LogP contribution < -0.4 is 4.90 Å². The summed E-state index contributed by atoms with van der Waals surface area (Å²) in [4.78, 5) is 21.9. The number of amides is 1. The molecule has 1 fully saturated rings. The molecule has 1 saturated heterocycles. The number of carbonyl (C=O) groups excluding carboxylic acids is 1. The van der Waals surface area contributed by atoms with Gasteiger partial charge < -0.3 is 0 Å². The lowest BCUT2D eigenvalue weighted by Crippen LogP contribution is -2.51. The number of carbonyl (C=O) groups is 1. The van der Waals surface area contributed by atoms with Crippen LogP contribution in [0.4, 0.5) is 14.6 Å². The maximum absolute atomic E-state index is 14.4. The summed E-state index contributed by atoms with van der Waals surface area (Å²) >= 11 is 5.76. The molecule has 0 radical (unpaired) electrons. The monoisotopic (exact) mass is 403 g/mol. The summed E-state index contributed by atoms with van der Waals surface area (Å²) in [5, 5.41) is 7.16. The summed E-state index contributed by atoms with van der Waals surface area (Å²) in [6.07, 6.45) is 4.39. The molecule has 144 valence electrons. The third kappa shape index (κ3) is 3.87. The molecule has 9 heteroatoms. The normalized spacial score (nSPS) is 19.0. The topological polar surface area (TPSA) is 74.8 Å². The van der Waals surface area contributed by atoms with E-state index in [1.165, 1.54) is 6.20 Å². The summed E-state index contributed by atoms with van der Waals surface area (Å²) in [6.45, 7) is -0.681. The number of aromatic amines is 1. The molecular formula is C19H16ClF2N5O. The highest BCUT2D eigenvalue weighted by molar-refractivity contribution is 6.29. The molecule has 4 heterocycles. The van der Waals surface area contributed by atoms with Crippen LogP contribution in [0.15, 0.2) is 48.9 Å². The van der Waals surface area contributed by atoms with Gasteiger partial charge in [-0.1, -0.05) is 17.7 Å². The number of nitrogens with one attached hydrogen (secondary N) is 1. The Hall–Kier alpha value is -2.87. The largest absolute Gasteiger partial charge is 0.291 e. The van der Waals surface area contributed by atoms with Crippen molar-refractivity contribution in [3.05, 3.63) is 59.6 Å². The van der Waals surface area contributed by atoms with Crippen molar-refractivity contribution in [1.29, 1.82) is 0 Å². The maximum Gasteiger partial charge on any atom is 0.266 e. The van der Waals surface area contributed by atoms with Crippen LogP contribution in [0.1, 0.15) is 12.0 Å². The Kier molecular flexibility index (Phi) is 4.80. The average molecular weight is 404 g/mol. The first-order chi connectivity index (χ1) is 13.4. The van der Waals surface area contributed by atoms with E-state index in [9.17, 15) is 13.6 Å². The molecule has 1 aliphatic rings. The molecule has 0 spiro atoms. The number of halogens is 3. The van der Waals surface area contributed by atoms with Crippen LogP contribution in [-0.4, -0.2) is 38.5 Å². The lowest BCUT2D eigenvalue weighted by molar-refractivity contribution is -0.132. The molecule has 3 aromatic heterocycles. The summed E-state index contributed by atoms with van der Waals surface area (Å²) < 4.78 is 28.8. The van der Waals surface area contributed by atoms with Crippen molar-refractivity contribution < 1.29 is 13.6 Å². The van der Waals surface area contributed by atoms with E-state index >= 15 is 0 Å². The second-order valence-corrected chi connectivity index (χ2v) is 7.14. The van der Waals surface area contributed by atoms with Gasteiger partial charge in [-0.15, -0.1) is 0 Å². The van der Waals surface area contributed by atoms with Gasteiger partial charge in [0.15, 0.2) is 0 Å². The van der Waals surface area contributed by atoms with Crippen LogP contribution in [0.2, 0.25) is 5.15 Å². The lowest BCUT2D eigenvalue weighted by Gasteiger charge is -2.36. The zero-order valence-corrected chi connectivity index (χ0v) is 15.4. The van der Waals surface area contributed by atoms with Crippen molar-refractivity contribution in [2.24, 2.45) is 5.92 Å². The van der Waals surface area contributed by atoms with E-state index in [2.05, 4.69) is 20.2 Å². The number of piperidine rings is 1. The molecule has 1 aliphatic heterocycles. The van der Waals surface area contributed by atoms with Gasteiger partial charge >= 0.3 is 0 Å². The Balaban J connectivity index is 1.59. The van der Waals surface area contributed by atoms with E-state index in [0.29, 0.717) is 16.4 Å². The van der Waals surface area contributed by atoms with Crippen LogP contribution in [-0.2, 0) is 11.2 Å². The highest BCUT2D eigenvalue weighted by Gasteiger charge is 2.46. The van der Waals surface area contributed by atoms with Crippen molar-refractivity contribution in [3.8, 4) is 11.3 Å². The summed E-state index contributed by atoms with van der Waals surface area (Å²) in [5.74, 6) is -3.99. The van der Waals surface area contributed by atoms with Gasteiger partial charge in [-0.05, 0) is 30.2 Å². The third-order valence-corrected chi connectivity index (χ3v) is 4.88. The summed E-state index contributed by atoms with van der Waals surface area (Å²) in [7, 11) is 0. The maximum atomic E-state index is 14.4. The first-order valence-corrected chi connectivity index (χ1v) is 9.04. The highest BCUT2D eigenvalue weighted by atomic mass is 35.5. The van der Waals surface area contributed by atoms with Crippen LogP contribution in [0.5, 0.6) is 0 Å². The van der Waals surface area contributed by atoms with Crippen molar-refractivity contribution in [2.45, 2.75) is 18.8 Å². The van der Waals surface area contributed by atoms with Crippen LogP contribution in [0, 0.1) is 5.92 Å². The number of hydrogen-bond donors (Lipinski definition) is 1. The minimum absolute atomic E-state index is 0.167. The van der Waals surface area contributed by atoms with Crippen LogP contribution >= 0.6 is 11.6 Å². The summed E-state index contributed by atoms with van der Waals surface area (Å²) in [6, 6.07) is 8.37. The number of H-pyrrole nitrogens is 1. The number of rotatable bonds is 4. The van der Waals surface area contributed by atoms with Crippen LogP contribution in [0.3, 0.4) is 0 Å². The Bertz CT molecular complexity index is 978. The van der Waals surface area contributed by atoms with Gasteiger partial charge in [-0.2, -0.15) is 5.10 Å². The Labute approximate surface area is 164 Å². The fourth-order valence-corrected chi connectivity index (χ4v) is 3.45. The molecule has 0 unspecified atom stereocenters. The molecule has 0 saturated carbocycles. The first kappa shape index (κ1) is 18.5. The Morgan fingerprint density at radius 1 is 1.25 bits per heavy atom. The quantitative estimate of drug-likeness (QED) is 0.673. The predicted molar refractivity (Wildman–Crippen MR) is 100 cm³/mol. The molecule has 0 bridgehead atoms. The van der Waals surface area contributed by atoms with Crippen molar-refractivity contribution in [2.75, 3.05) is 11.4 Å². The molecular weight excluding hydrogens is 388 g/mol. The van der Waals surface area contributed by atoms with Gasteiger partial charge in [0.05, 0.1) is 12.2 Å². The molecule has 1 atom stereocenters. The van der Waals surface area contributed by atoms with E-state index in [4.69, 9.17) is 11.6 Å². The average Bonchev–Trinajstić information content (AvgIpc) is 3.17. The van der Waals surface area contributed by atoms with Gasteiger partial charge in [-0.25, -0.2) is 13.8 Å². The van der Waals surface area contributed by atoms with Crippen LogP contribution in [0.25, 0.3) is 11.3 Å². The van der Waals surface area contributed by atoms with E-state index in [1.807, 2.05) is 0 Å². The third-order valence-electron chi connectivity index (χ3n) is 4.65. The molecule has 3 aromatic rings. The fourth-order valence-electron chi connectivity index (χ4n) is 3.34. The minimum atomic E-state index is -3.00. The van der Waals surface area contributed by atoms with Crippen molar-refractivity contribution in [1.82, 2.24) is 20.2 Å². The van der Waals surface area contributed by atoms with E-state index in [-0.39, 0.29) is 18.1 Å². The fraction of sp³-hybridized carbons (Fsp3) is 0.263. The number of anilines is 1.